The van der Waals surface area contributed by atoms with E-state index in [-0.39, 0.29) is 0 Å². The summed E-state index contributed by atoms with van der Waals surface area (Å²) in [5.41, 5.74) is 10.5. The van der Waals surface area contributed by atoms with E-state index in [1.54, 1.807) is 0 Å². The Morgan fingerprint density at radius 3 is 1.36 bits per heavy atom. The molecule has 0 heterocycles. The first-order chi connectivity index (χ1) is 26.3. The molecule has 10 aromatic carbocycles. The van der Waals surface area contributed by atoms with Gasteiger partial charge in [0, 0.05) is 16.9 Å². The Bertz CT molecular complexity index is 2960. The van der Waals surface area contributed by atoms with Crippen LogP contribution in [0.4, 0.5) is 17.1 Å². The fourth-order valence-electron chi connectivity index (χ4n) is 8.16. The van der Waals surface area contributed by atoms with Gasteiger partial charge in [-0.25, -0.2) is 0 Å². The third kappa shape index (κ3) is 5.42. The summed E-state index contributed by atoms with van der Waals surface area (Å²) in [5, 5.41) is 10.1. The zero-order chi connectivity index (χ0) is 35.1. The normalized spacial score (nSPS) is 11.4. The largest absolute Gasteiger partial charge is 0.310 e. The Kier molecular flexibility index (Phi) is 7.55. The van der Waals surface area contributed by atoms with Crippen LogP contribution in [0.5, 0.6) is 0 Å². The predicted molar refractivity (Wildman–Crippen MR) is 227 cm³/mol. The first-order valence-corrected chi connectivity index (χ1v) is 18.3. The molecule has 0 N–H and O–H groups in total. The molecule has 53 heavy (non-hydrogen) atoms. The van der Waals surface area contributed by atoms with Crippen LogP contribution in [0.2, 0.25) is 0 Å². The van der Waals surface area contributed by atoms with E-state index in [1.807, 2.05) is 0 Å². The molecule has 0 atom stereocenters. The highest BCUT2D eigenvalue weighted by molar-refractivity contribution is 6.16. The monoisotopic (exact) mass is 673 g/mol. The van der Waals surface area contributed by atoms with Gasteiger partial charge in [-0.1, -0.05) is 170 Å². The van der Waals surface area contributed by atoms with Crippen LogP contribution < -0.4 is 4.90 Å². The second-order valence-corrected chi connectivity index (χ2v) is 13.7. The fraction of sp³-hybridized carbons (Fsp3) is 0. The molecule has 0 aliphatic carbocycles. The molecule has 1 heteroatoms. The average Bonchev–Trinajstić information content (AvgIpc) is 3.24. The minimum atomic E-state index is 1.10. The summed E-state index contributed by atoms with van der Waals surface area (Å²) in [6, 6.07) is 77.3. The number of para-hydroxylation sites is 1. The van der Waals surface area contributed by atoms with E-state index in [2.05, 4.69) is 217 Å². The van der Waals surface area contributed by atoms with Gasteiger partial charge in [0.05, 0.1) is 5.69 Å². The second kappa shape index (κ2) is 13.0. The highest BCUT2D eigenvalue weighted by Gasteiger charge is 2.20. The maximum absolute atomic E-state index is 2.44. The Hall–Kier alpha value is -6.96. The third-order valence-electron chi connectivity index (χ3n) is 10.6. The van der Waals surface area contributed by atoms with Crippen molar-refractivity contribution in [3.63, 3.8) is 0 Å². The van der Waals surface area contributed by atoms with Crippen LogP contribution in [-0.2, 0) is 0 Å². The summed E-state index contributed by atoms with van der Waals surface area (Å²) in [6.45, 7) is 0. The average molecular weight is 674 g/mol. The summed E-state index contributed by atoms with van der Waals surface area (Å²) in [4.78, 5) is 2.44. The molecule has 1 nitrogen and oxygen atoms in total. The molecular weight excluding hydrogens is 639 g/mol. The van der Waals surface area contributed by atoms with Crippen LogP contribution in [0.1, 0.15) is 0 Å². The Morgan fingerprint density at radius 2 is 0.698 bits per heavy atom. The highest BCUT2D eigenvalue weighted by atomic mass is 15.1. The van der Waals surface area contributed by atoms with Crippen molar-refractivity contribution in [2.24, 2.45) is 0 Å². The van der Waals surface area contributed by atoms with Crippen LogP contribution in [0.25, 0.3) is 76.5 Å². The summed E-state index contributed by atoms with van der Waals surface area (Å²) in [6.07, 6.45) is 0. The van der Waals surface area contributed by atoms with Crippen LogP contribution in [0.15, 0.2) is 212 Å². The van der Waals surface area contributed by atoms with Gasteiger partial charge in [0.15, 0.2) is 0 Å². The van der Waals surface area contributed by atoms with E-state index in [9.17, 15) is 0 Å². The molecule has 248 valence electrons. The molecule has 0 spiro atoms. The van der Waals surface area contributed by atoms with Crippen molar-refractivity contribution in [2.45, 2.75) is 0 Å². The van der Waals surface area contributed by atoms with E-state index in [0.717, 1.165) is 17.1 Å². The predicted octanol–water partition coefficient (Wildman–Crippen LogP) is 14.8. The number of benzene rings is 10. The molecule has 10 rings (SSSR count). The van der Waals surface area contributed by atoms with E-state index in [1.165, 1.54) is 76.5 Å². The van der Waals surface area contributed by atoms with Crippen LogP contribution in [0, 0.1) is 0 Å². The molecule has 0 bridgehead atoms. The van der Waals surface area contributed by atoms with Crippen molar-refractivity contribution in [3.8, 4) is 33.4 Å². The molecular formula is C52H35N. The molecule has 0 aromatic heterocycles. The molecule has 0 aliphatic rings. The molecule has 0 fully saturated rings. The first kappa shape index (κ1) is 30.8. The van der Waals surface area contributed by atoms with Gasteiger partial charge in [0.1, 0.15) is 0 Å². The van der Waals surface area contributed by atoms with E-state index in [0.29, 0.717) is 0 Å². The SMILES string of the molecule is c1ccc(-c2cccc(N(c3cccc(-c4cc5ccccc5c5ccccc45)c3)c3ccccc3-c3cc4ccccc4c4ccccc34)c2)cc1. The maximum Gasteiger partial charge on any atom is 0.0540 e. The lowest BCUT2D eigenvalue weighted by Gasteiger charge is -2.29. The van der Waals surface area contributed by atoms with Gasteiger partial charge >= 0.3 is 0 Å². The van der Waals surface area contributed by atoms with Crippen molar-refractivity contribution in [3.05, 3.63) is 212 Å². The zero-order valence-corrected chi connectivity index (χ0v) is 29.2. The van der Waals surface area contributed by atoms with E-state index < -0.39 is 0 Å². The molecule has 0 aliphatic heterocycles. The zero-order valence-electron chi connectivity index (χ0n) is 29.2. The molecule has 0 saturated carbocycles. The van der Waals surface area contributed by atoms with Gasteiger partial charge in [-0.05, 0) is 113 Å². The maximum atomic E-state index is 2.44. The minimum Gasteiger partial charge on any atom is -0.310 e. The van der Waals surface area contributed by atoms with Gasteiger partial charge in [0.2, 0.25) is 0 Å². The summed E-state index contributed by atoms with van der Waals surface area (Å²) in [5.74, 6) is 0. The quantitative estimate of drug-likeness (QED) is 0.159. The van der Waals surface area contributed by atoms with Gasteiger partial charge in [-0.2, -0.15) is 0 Å². The smallest absolute Gasteiger partial charge is 0.0540 e. The summed E-state index contributed by atoms with van der Waals surface area (Å²) >= 11 is 0. The fourth-order valence-corrected chi connectivity index (χ4v) is 8.16. The topological polar surface area (TPSA) is 3.24 Å². The van der Waals surface area contributed by atoms with Crippen LogP contribution >= 0.6 is 0 Å². The van der Waals surface area contributed by atoms with Gasteiger partial charge in [0.25, 0.3) is 0 Å². The van der Waals surface area contributed by atoms with Crippen molar-refractivity contribution >= 4 is 60.2 Å². The molecule has 10 aromatic rings. The van der Waals surface area contributed by atoms with Crippen molar-refractivity contribution < 1.29 is 0 Å². The number of fused-ring (bicyclic) bond motifs is 6. The highest BCUT2D eigenvalue weighted by Crippen LogP contribution is 2.46. The van der Waals surface area contributed by atoms with E-state index in [4.69, 9.17) is 0 Å². The molecule has 0 unspecified atom stereocenters. The number of anilines is 3. The van der Waals surface area contributed by atoms with Crippen LogP contribution in [0.3, 0.4) is 0 Å². The van der Waals surface area contributed by atoms with Crippen molar-refractivity contribution in [2.75, 3.05) is 4.90 Å². The number of rotatable bonds is 6. The lowest BCUT2D eigenvalue weighted by atomic mass is 9.91. The van der Waals surface area contributed by atoms with Crippen LogP contribution in [-0.4, -0.2) is 0 Å². The Balaban J connectivity index is 1.23. The molecule has 0 amide bonds. The van der Waals surface area contributed by atoms with Crippen molar-refractivity contribution in [1.29, 1.82) is 0 Å². The van der Waals surface area contributed by atoms with Gasteiger partial charge in [-0.3, -0.25) is 0 Å². The minimum absolute atomic E-state index is 1.10. The number of hydrogen-bond donors (Lipinski definition) is 0. The Morgan fingerprint density at radius 1 is 0.245 bits per heavy atom. The van der Waals surface area contributed by atoms with Gasteiger partial charge in [-0.15, -0.1) is 0 Å². The third-order valence-corrected chi connectivity index (χ3v) is 10.6. The second-order valence-electron chi connectivity index (χ2n) is 13.7. The van der Waals surface area contributed by atoms with E-state index >= 15 is 0 Å². The number of hydrogen-bond acceptors (Lipinski definition) is 1. The summed E-state index contributed by atoms with van der Waals surface area (Å²) in [7, 11) is 0. The number of nitrogens with zero attached hydrogens (tertiary/aromatic N) is 1. The lowest BCUT2D eigenvalue weighted by molar-refractivity contribution is 1.28. The Labute approximate surface area is 309 Å². The molecule has 0 radical (unpaired) electrons. The standard InChI is InChI=1S/C52H35N/c1-2-16-36(17-3-1)37-20-14-22-41(32-37)53(42-23-15-21-38(33-42)50-34-39-18-4-6-24-43(39)45-26-8-10-28-47(45)50)52-31-13-12-30-49(52)51-35-40-19-5-7-25-44(40)46-27-9-11-29-48(46)51/h1-35H. The first-order valence-electron chi connectivity index (χ1n) is 18.3. The summed E-state index contributed by atoms with van der Waals surface area (Å²) < 4.78 is 0. The molecule has 0 saturated heterocycles. The van der Waals surface area contributed by atoms with Gasteiger partial charge < -0.3 is 4.90 Å². The lowest BCUT2D eigenvalue weighted by Crippen LogP contribution is -2.11. The van der Waals surface area contributed by atoms with Crippen molar-refractivity contribution in [1.82, 2.24) is 0 Å².